The van der Waals surface area contributed by atoms with Crippen LogP contribution < -0.4 is 10.0 Å². The molecule has 8 heteroatoms. The lowest BCUT2D eigenvalue weighted by molar-refractivity contribution is 0.375. The third kappa shape index (κ3) is 3.75. The van der Waals surface area contributed by atoms with Crippen molar-refractivity contribution in [2.24, 2.45) is 5.92 Å². The molecule has 1 aliphatic rings. The summed E-state index contributed by atoms with van der Waals surface area (Å²) in [4.78, 5) is -0.547. The van der Waals surface area contributed by atoms with Gasteiger partial charge in [-0.2, -0.15) is 0 Å². The van der Waals surface area contributed by atoms with Crippen molar-refractivity contribution in [2.45, 2.75) is 17.7 Å². The first kappa shape index (κ1) is 15.8. The number of hydrogen-bond donors (Lipinski definition) is 2. The van der Waals surface area contributed by atoms with Gasteiger partial charge in [-0.15, -0.1) is 0 Å². The number of rotatable bonds is 4. The molecule has 1 fully saturated rings. The van der Waals surface area contributed by atoms with E-state index >= 15 is 0 Å². The minimum Gasteiger partial charge on any atom is -0.316 e. The predicted octanol–water partition coefficient (Wildman–Crippen LogP) is 2.01. The second kappa shape index (κ2) is 6.46. The SMILES string of the molecule is O=S(=O)(NCC1CCCNC1)c1cc(Br)c(F)cc1F. The van der Waals surface area contributed by atoms with Crippen LogP contribution in [0.2, 0.25) is 0 Å². The summed E-state index contributed by atoms with van der Waals surface area (Å²) in [7, 11) is -3.98. The van der Waals surface area contributed by atoms with E-state index in [2.05, 4.69) is 26.0 Å². The molecule has 0 saturated carbocycles. The van der Waals surface area contributed by atoms with Crippen molar-refractivity contribution >= 4 is 26.0 Å². The van der Waals surface area contributed by atoms with E-state index in [1.807, 2.05) is 0 Å². The van der Waals surface area contributed by atoms with Crippen LogP contribution in [0.3, 0.4) is 0 Å². The zero-order valence-electron chi connectivity index (χ0n) is 10.6. The van der Waals surface area contributed by atoms with Crippen LogP contribution in [0.25, 0.3) is 0 Å². The van der Waals surface area contributed by atoms with Crippen molar-refractivity contribution < 1.29 is 17.2 Å². The van der Waals surface area contributed by atoms with Gasteiger partial charge < -0.3 is 5.32 Å². The van der Waals surface area contributed by atoms with Crippen LogP contribution in [0.4, 0.5) is 8.78 Å². The summed E-state index contributed by atoms with van der Waals surface area (Å²) in [6, 6.07) is 1.49. The van der Waals surface area contributed by atoms with E-state index < -0.39 is 26.6 Å². The van der Waals surface area contributed by atoms with Gasteiger partial charge >= 0.3 is 0 Å². The molecule has 0 aromatic heterocycles. The van der Waals surface area contributed by atoms with Crippen LogP contribution in [-0.4, -0.2) is 28.1 Å². The molecule has 2 N–H and O–H groups in total. The predicted molar refractivity (Wildman–Crippen MR) is 74.8 cm³/mol. The molecule has 2 rings (SSSR count). The Morgan fingerprint density at radius 3 is 2.75 bits per heavy atom. The number of halogens is 3. The summed E-state index contributed by atoms with van der Waals surface area (Å²) < 4.78 is 53.1. The average Bonchev–Trinajstić information content (AvgIpc) is 2.42. The summed E-state index contributed by atoms with van der Waals surface area (Å²) in [6.07, 6.45) is 1.91. The highest BCUT2D eigenvalue weighted by Crippen LogP contribution is 2.23. The average molecular weight is 369 g/mol. The minimum atomic E-state index is -3.98. The molecule has 1 unspecified atom stereocenters. The molecule has 1 heterocycles. The normalized spacial score (nSPS) is 20.1. The summed E-state index contributed by atoms with van der Waals surface area (Å²) in [5.74, 6) is -1.75. The fourth-order valence-corrected chi connectivity index (χ4v) is 3.81. The Morgan fingerprint density at radius 1 is 1.35 bits per heavy atom. The fraction of sp³-hybridized carbons (Fsp3) is 0.500. The van der Waals surface area contributed by atoms with Gasteiger partial charge in [0.1, 0.15) is 16.5 Å². The third-order valence-corrected chi connectivity index (χ3v) is 5.27. The maximum Gasteiger partial charge on any atom is 0.243 e. The van der Waals surface area contributed by atoms with E-state index in [9.17, 15) is 17.2 Å². The van der Waals surface area contributed by atoms with Crippen LogP contribution in [0.5, 0.6) is 0 Å². The molecular formula is C12H15BrF2N2O2S. The summed E-state index contributed by atoms with van der Waals surface area (Å²) in [5.41, 5.74) is 0. The van der Waals surface area contributed by atoms with Gasteiger partial charge in [0.2, 0.25) is 10.0 Å². The molecule has 1 aromatic rings. The Labute approximate surface area is 125 Å². The highest BCUT2D eigenvalue weighted by Gasteiger charge is 2.23. The third-order valence-electron chi connectivity index (χ3n) is 3.23. The number of hydrogen-bond acceptors (Lipinski definition) is 3. The number of benzene rings is 1. The molecule has 0 spiro atoms. The van der Waals surface area contributed by atoms with E-state index in [0.29, 0.717) is 6.07 Å². The molecule has 0 aliphatic carbocycles. The maximum absolute atomic E-state index is 13.6. The zero-order valence-corrected chi connectivity index (χ0v) is 13.0. The van der Waals surface area contributed by atoms with Gasteiger partial charge in [0.15, 0.2) is 0 Å². The Bertz CT molecular complexity index is 589. The first-order valence-corrected chi connectivity index (χ1v) is 8.52. The fourth-order valence-electron chi connectivity index (χ4n) is 2.11. The molecule has 112 valence electrons. The molecular weight excluding hydrogens is 354 g/mol. The molecule has 0 amide bonds. The second-order valence-corrected chi connectivity index (χ2v) is 7.35. The van der Waals surface area contributed by atoms with Crippen molar-refractivity contribution in [1.29, 1.82) is 0 Å². The van der Waals surface area contributed by atoms with Gasteiger partial charge in [-0.25, -0.2) is 21.9 Å². The van der Waals surface area contributed by atoms with Gasteiger partial charge in [0, 0.05) is 12.6 Å². The lowest BCUT2D eigenvalue weighted by atomic mass is 10.0. The van der Waals surface area contributed by atoms with E-state index in [1.54, 1.807) is 0 Å². The van der Waals surface area contributed by atoms with E-state index in [1.165, 1.54) is 0 Å². The van der Waals surface area contributed by atoms with E-state index in [0.717, 1.165) is 32.0 Å². The summed E-state index contributed by atoms with van der Waals surface area (Å²) in [6.45, 7) is 1.91. The largest absolute Gasteiger partial charge is 0.316 e. The van der Waals surface area contributed by atoms with Gasteiger partial charge in [-0.05, 0) is 53.8 Å². The van der Waals surface area contributed by atoms with Crippen molar-refractivity contribution in [3.05, 3.63) is 28.2 Å². The second-order valence-electron chi connectivity index (χ2n) is 4.76. The molecule has 0 bridgehead atoms. The molecule has 0 radical (unpaired) electrons. The number of piperidine rings is 1. The Hall–Kier alpha value is -0.570. The summed E-state index contributed by atoms with van der Waals surface area (Å²) >= 11 is 2.86. The molecule has 4 nitrogen and oxygen atoms in total. The maximum atomic E-state index is 13.6. The van der Waals surface area contributed by atoms with Crippen molar-refractivity contribution in [3.63, 3.8) is 0 Å². The van der Waals surface area contributed by atoms with Crippen molar-refractivity contribution in [1.82, 2.24) is 10.0 Å². The standard InChI is InChI=1S/C12H15BrF2N2O2S/c13-9-4-12(11(15)5-10(9)14)20(18,19)17-7-8-2-1-3-16-6-8/h4-5,8,16-17H,1-3,6-7H2. The van der Waals surface area contributed by atoms with Gasteiger partial charge in [0.25, 0.3) is 0 Å². The van der Waals surface area contributed by atoms with Crippen LogP contribution in [0, 0.1) is 17.6 Å². The quantitative estimate of drug-likeness (QED) is 0.799. The monoisotopic (exact) mass is 368 g/mol. The van der Waals surface area contributed by atoms with Crippen molar-refractivity contribution in [3.8, 4) is 0 Å². The first-order chi connectivity index (χ1) is 9.40. The van der Waals surface area contributed by atoms with Crippen LogP contribution in [-0.2, 0) is 10.0 Å². The number of nitrogens with one attached hydrogen (secondary N) is 2. The lowest BCUT2D eigenvalue weighted by Gasteiger charge is -2.22. The minimum absolute atomic E-state index is 0.0846. The highest BCUT2D eigenvalue weighted by atomic mass is 79.9. The number of sulfonamides is 1. The first-order valence-electron chi connectivity index (χ1n) is 6.25. The summed E-state index contributed by atoms with van der Waals surface area (Å²) in [5, 5.41) is 3.17. The Balaban J connectivity index is 2.11. The Kier molecular flexibility index (Phi) is 5.11. The molecule has 1 aliphatic heterocycles. The van der Waals surface area contributed by atoms with E-state index in [4.69, 9.17) is 0 Å². The van der Waals surface area contributed by atoms with Crippen LogP contribution >= 0.6 is 15.9 Å². The lowest BCUT2D eigenvalue weighted by Crippen LogP contribution is -2.38. The van der Waals surface area contributed by atoms with E-state index in [-0.39, 0.29) is 16.9 Å². The molecule has 1 aromatic carbocycles. The smallest absolute Gasteiger partial charge is 0.243 e. The highest BCUT2D eigenvalue weighted by molar-refractivity contribution is 9.10. The van der Waals surface area contributed by atoms with Crippen LogP contribution in [0.15, 0.2) is 21.5 Å². The topological polar surface area (TPSA) is 58.2 Å². The molecule has 1 saturated heterocycles. The zero-order chi connectivity index (χ0) is 14.8. The van der Waals surface area contributed by atoms with Crippen molar-refractivity contribution in [2.75, 3.05) is 19.6 Å². The van der Waals surface area contributed by atoms with Gasteiger partial charge in [-0.1, -0.05) is 0 Å². The van der Waals surface area contributed by atoms with Crippen LogP contribution in [0.1, 0.15) is 12.8 Å². The van der Waals surface area contributed by atoms with Gasteiger partial charge in [0.05, 0.1) is 4.47 Å². The van der Waals surface area contributed by atoms with Gasteiger partial charge in [-0.3, -0.25) is 0 Å². The Morgan fingerprint density at radius 2 is 2.10 bits per heavy atom. The molecule has 1 atom stereocenters. The molecule has 20 heavy (non-hydrogen) atoms.